The highest BCUT2D eigenvalue weighted by molar-refractivity contribution is 5.71. The van der Waals surface area contributed by atoms with Gasteiger partial charge in [0.25, 0.3) is 0 Å². The van der Waals surface area contributed by atoms with E-state index in [0.717, 1.165) is 35.0 Å². The van der Waals surface area contributed by atoms with Crippen molar-refractivity contribution < 1.29 is 4.74 Å². The summed E-state index contributed by atoms with van der Waals surface area (Å²) in [5, 5.41) is 0. The normalized spacial score (nSPS) is 10.8. The lowest BCUT2D eigenvalue weighted by atomic mass is 10.3. The van der Waals surface area contributed by atoms with Crippen molar-refractivity contribution in [2.75, 3.05) is 5.73 Å². The van der Waals surface area contributed by atoms with Crippen LogP contribution in [0.5, 0.6) is 5.75 Å². The molecule has 5 heteroatoms. The van der Waals surface area contributed by atoms with Gasteiger partial charge in [0, 0.05) is 18.4 Å². The highest BCUT2D eigenvalue weighted by atomic mass is 16.5. The molecule has 0 spiro atoms. The Labute approximate surface area is 117 Å². The zero-order valence-corrected chi connectivity index (χ0v) is 11.3. The van der Waals surface area contributed by atoms with E-state index in [0.29, 0.717) is 6.61 Å². The summed E-state index contributed by atoms with van der Waals surface area (Å²) in [6.07, 6.45) is 1.78. The predicted molar refractivity (Wildman–Crippen MR) is 78.4 cm³/mol. The smallest absolute Gasteiger partial charge is 0.160 e. The third-order valence-electron chi connectivity index (χ3n) is 3.15. The van der Waals surface area contributed by atoms with Crippen molar-refractivity contribution in [3.05, 3.63) is 48.4 Å². The first-order valence-electron chi connectivity index (χ1n) is 6.56. The number of nitrogens with zero attached hydrogens (tertiary/aromatic N) is 3. The summed E-state index contributed by atoms with van der Waals surface area (Å²) in [6.45, 7) is 3.30. The van der Waals surface area contributed by atoms with Crippen molar-refractivity contribution in [3.8, 4) is 5.75 Å². The van der Waals surface area contributed by atoms with Crippen LogP contribution in [0.1, 0.15) is 12.7 Å². The quantitative estimate of drug-likeness (QED) is 0.739. The second kappa shape index (κ2) is 5.21. The van der Waals surface area contributed by atoms with Crippen LogP contribution in [0.25, 0.3) is 11.2 Å². The lowest BCUT2D eigenvalue weighted by molar-refractivity contribution is 0.290. The minimum atomic E-state index is 0.411. The fourth-order valence-electron chi connectivity index (χ4n) is 2.16. The molecule has 5 nitrogen and oxygen atoms in total. The Kier molecular flexibility index (Phi) is 3.25. The molecule has 0 saturated carbocycles. The van der Waals surface area contributed by atoms with Crippen LogP contribution >= 0.6 is 0 Å². The van der Waals surface area contributed by atoms with Gasteiger partial charge >= 0.3 is 0 Å². The first-order valence-corrected chi connectivity index (χ1v) is 6.56. The first-order chi connectivity index (χ1) is 9.78. The van der Waals surface area contributed by atoms with Crippen molar-refractivity contribution in [1.29, 1.82) is 0 Å². The van der Waals surface area contributed by atoms with Crippen LogP contribution in [0.2, 0.25) is 0 Å². The number of anilines is 1. The predicted octanol–water partition coefficient (Wildman–Crippen LogP) is 2.61. The van der Waals surface area contributed by atoms with Crippen LogP contribution in [0.3, 0.4) is 0 Å². The molecule has 0 amide bonds. The van der Waals surface area contributed by atoms with Gasteiger partial charge in [0.1, 0.15) is 23.7 Å². The SMILES string of the molecule is CCn1c(COc2ccc(N)cc2)nc2cccnc21. The number of pyridine rings is 1. The Bertz CT molecular complexity index is 718. The van der Waals surface area contributed by atoms with E-state index < -0.39 is 0 Å². The molecule has 0 aliphatic heterocycles. The molecule has 0 aliphatic rings. The molecule has 0 radical (unpaired) electrons. The molecule has 0 aliphatic carbocycles. The van der Waals surface area contributed by atoms with Gasteiger partial charge in [0.05, 0.1) is 0 Å². The Morgan fingerprint density at radius 3 is 2.75 bits per heavy atom. The lowest BCUT2D eigenvalue weighted by Crippen LogP contribution is -2.06. The largest absolute Gasteiger partial charge is 0.486 e. The highest BCUT2D eigenvalue weighted by Gasteiger charge is 2.10. The number of rotatable bonds is 4. The molecule has 0 unspecified atom stereocenters. The van der Waals surface area contributed by atoms with E-state index in [4.69, 9.17) is 10.5 Å². The maximum atomic E-state index is 5.75. The van der Waals surface area contributed by atoms with E-state index in [1.54, 1.807) is 6.20 Å². The molecule has 2 N–H and O–H groups in total. The van der Waals surface area contributed by atoms with E-state index in [2.05, 4.69) is 21.5 Å². The van der Waals surface area contributed by atoms with E-state index in [-0.39, 0.29) is 0 Å². The third kappa shape index (κ3) is 2.30. The molecule has 1 aromatic carbocycles. The van der Waals surface area contributed by atoms with Gasteiger partial charge in [0.15, 0.2) is 5.65 Å². The van der Waals surface area contributed by atoms with Gasteiger partial charge in [-0.2, -0.15) is 0 Å². The Balaban J connectivity index is 1.85. The molecule has 0 bridgehead atoms. The number of imidazole rings is 1. The Morgan fingerprint density at radius 1 is 1.20 bits per heavy atom. The molecule has 0 atom stereocenters. The second-order valence-corrected chi connectivity index (χ2v) is 4.48. The van der Waals surface area contributed by atoms with Crippen LogP contribution in [-0.2, 0) is 13.2 Å². The second-order valence-electron chi connectivity index (χ2n) is 4.48. The van der Waals surface area contributed by atoms with E-state index in [1.807, 2.05) is 36.4 Å². The van der Waals surface area contributed by atoms with Crippen LogP contribution < -0.4 is 10.5 Å². The van der Waals surface area contributed by atoms with Gasteiger partial charge < -0.3 is 15.0 Å². The number of fused-ring (bicyclic) bond motifs is 1. The maximum Gasteiger partial charge on any atom is 0.160 e. The van der Waals surface area contributed by atoms with Crippen LogP contribution in [0.15, 0.2) is 42.6 Å². The summed E-state index contributed by atoms with van der Waals surface area (Å²) in [5.74, 6) is 1.65. The van der Waals surface area contributed by atoms with Crippen molar-refractivity contribution in [3.63, 3.8) is 0 Å². The fourth-order valence-corrected chi connectivity index (χ4v) is 2.16. The molecular weight excluding hydrogens is 252 g/mol. The van der Waals surface area contributed by atoms with E-state index >= 15 is 0 Å². The molecule has 3 rings (SSSR count). The number of aromatic nitrogens is 3. The number of hydrogen-bond acceptors (Lipinski definition) is 4. The molecular formula is C15H16N4O. The topological polar surface area (TPSA) is 66.0 Å². The Morgan fingerprint density at radius 2 is 2.00 bits per heavy atom. The maximum absolute atomic E-state index is 5.75. The molecule has 3 aromatic rings. The summed E-state index contributed by atoms with van der Waals surface area (Å²) in [7, 11) is 0. The monoisotopic (exact) mass is 268 g/mol. The van der Waals surface area contributed by atoms with Crippen molar-refractivity contribution >= 4 is 16.9 Å². The summed E-state index contributed by atoms with van der Waals surface area (Å²) >= 11 is 0. The first kappa shape index (κ1) is 12.5. The summed E-state index contributed by atoms with van der Waals surface area (Å²) in [4.78, 5) is 8.93. The van der Waals surface area contributed by atoms with Crippen LogP contribution in [-0.4, -0.2) is 14.5 Å². The van der Waals surface area contributed by atoms with Gasteiger partial charge in [-0.25, -0.2) is 9.97 Å². The highest BCUT2D eigenvalue weighted by Crippen LogP contribution is 2.17. The molecule has 0 saturated heterocycles. The Hall–Kier alpha value is -2.56. The number of ether oxygens (including phenoxy) is 1. The third-order valence-corrected chi connectivity index (χ3v) is 3.15. The van der Waals surface area contributed by atoms with Crippen molar-refractivity contribution in [2.24, 2.45) is 0 Å². The lowest BCUT2D eigenvalue weighted by Gasteiger charge is -2.08. The number of aryl methyl sites for hydroxylation is 1. The van der Waals surface area contributed by atoms with Crippen LogP contribution in [0, 0.1) is 0 Å². The van der Waals surface area contributed by atoms with Gasteiger partial charge in [-0.15, -0.1) is 0 Å². The average molecular weight is 268 g/mol. The molecule has 20 heavy (non-hydrogen) atoms. The summed E-state index contributed by atoms with van der Waals surface area (Å²) in [6, 6.07) is 11.2. The van der Waals surface area contributed by atoms with Crippen molar-refractivity contribution in [1.82, 2.24) is 14.5 Å². The fraction of sp³-hybridized carbons (Fsp3) is 0.200. The van der Waals surface area contributed by atoms with Gasteiger partial charge in [-0.05, 0) is 43.3 Å². The standard InChI is InChI=1S/C15H16N4O/c1-2-19-14(18-13-4-3-9-17-15(13)19)10-20-12-7-5-11(16)6-8-12/h3-9H,2,10,16H2,1H3. The van der Waals surface area contributed by atoms with E-state index in [1.165, 1.54) is 0 Å². The zero-order valence-electron chi connectivity index (χ0n) is 11.3. The molecule has 2 heterocycles. The van der Waals surface area contributed by atoms with Gasteiger partial charge in [-0.3, -0.25) is 0 Å². The van der Waals surface area contributed by atoms with Crippen molar-refractivity contribution in [2.45, 2.75) is 20.1 Å². The minimum absolute atomic E-state index is 0.411. The molecule has 102 valence electrons. The van der Waals surface area contributed by atoms with Gasteiger partial charge in [0.2, 0.25) is 0 Å². The van der Waals surface area contributed by atoms with Crippen LogP contribution in [0.4, 0.5) is 5.69 Å². The number of benzene rings is 1. The van der Waals surface area contributed by atoms with E-state index in [9.17, 15) is 0 Å². The zero-order chi connectivity index (χ0) is 13.9. The summed E-state index contributed by atoms with van der Waals surface area (Å²) in [5.41, 5.74) is 8.16. The van der Waals surface area contributed by atoms with Gasteiger partial charge in [-0.1, -0.05) is 0 Å². The number of hydrogen-bond donors (Lipinski definition) is 1. The molecule has 2 aromatic heterocycles. The molecule has 0 fully saturated rings. The minimum Gasteiger partial charge on any atom is -0.486 e. The summed E-state index contributed by atoms with van der Waals surface area (Å²) < 4.78 is 7.81. The number of nitrogen functional groups attached to an aromatic ring is 1. The average Bonchev–Trinajstić information content (AvgIpc) is 2.84. The number of nitrogens with two attached hydrogens (primary N) is 1.